The highest BCUT2D eigenvalue weighted by Gasteiger charge is 2.12. The summed E-state index contributed by atoms with van der Waals surface area (Å²) in [6.07, 6.45) is 5.25. The van der Waals surface area contributed by atoms with Crippen molar-refractivity contribution in [2.75, 3.05) is 18.5 Å². The average Bonchev–Trinajstić information content (AvgIpc) is 2.53. The second kappa shape index (κ2) is 9.08. The van der Waals surface area contributed by atoms with Gasteiger partial charge in [-0.05, 0) is 58.7 Å². The number of rotatable bonds is 7. The molecule has 2 aromatic carbocycles. The van der Waals surface area contributed by atoms with Crippen molar-refractivity contribution in [1.82, 2.24) is 0 Å². The zero-order valence-electron chi connectivity index (χ0n) is 13.0. The summed E-state index contributed by atoms with van der Waals surface area (Å²) in [5.41, 5.74) is 1.81. The van der Waals surface area contributed by atoms with Crippen LogP contribution in [0.25, 0.3) is 0 Å². The van der Waals surface area contributed by atoms with Gasteiger partial charge in [0.1, 0.15) is 6.61 Å². The third-order valence-corrected chi connectivity index (χ3v) is 4.22. The lowest BCUT2D eigenvalue weighted by Gasteiger charge is -2.15. The molecule has 0 aliphatic carbocycles. The first kappa shape index (κ1) is 18.8. The van der Waals surface area contributed by atoms with Gasteiger partial charge < -0.3 is 14.8 Å². The van der Waals surface area contributed by atoms with Crippen molar-refractivity contribution in [2.24, 2.45) is 0 Å². The Morgan fingerprint density at radius 1 is 1.21 bits per heavy atom. The molecule has 0 saturated heterocycles. The minimum atomic E-state index is 0.177. The first-order valence-electron chi connectivity index (χ1n) is 7.25. The number of hydrogen-bond acceptors (Lipinski definition) is 3. The van der Waals surface area contributed by atoms with Crippen LogP contribution in [0.4, 0.5) is 5.69 Å². The van der Waals surface area contributed by atoms with Crippen molar-refractivity contribution in [1.29, 1.82) is 0 Å². The number of halogens is 3. The summed E-state index contributed by atoms with van der Waals surface area (Å²) in [7, 11) is 0. The van der Waals surface area contributed by atoms with Crippen LogP contribution in [0, 0.1) is 12.3 Å². The van der Waals surface area contributed by atoms with Crippen LogP contribution in [0.2, 0.25) is 10.0 Å². The second-order valence-corrected chi connectivity index (χ2v) is 6.51. The van der Waals surface area contributed by atoms with Gasteiger partial charge in [0.15, 0.2) is 11.5 Å². The van der Waals surface area contributed by atoms with Crippen molar-refractivity contribution in [3.8, 4) is 23.8 Å². The summed E-state index contributed by atoms with van der Waals surface area (Å²) < 4.78 is 12.0. The van der Waals surface area contributed by atoms with E-state index in [9.17, 15) is 0 Å². The number of hydrogen-bond donors (Lipinski definition) is 1. The van der Waals surface area contributed by atoms with Crippen molar-refractivity contribution in [2.45, 2.75) is 13.5 Å². The summed E-state index contributed by atoms with van der Waals surface area (Å²) in [4.78, 5) is 0. The molecule has 0 bridgehead atoms. The number of terminal acetylenes is 1. The number of nitrogens with one attached hydrogen (secondary N) is 1. The van der Waals surface area contributed by atoms with Crippen LogP contribution < -0.4 is 14.8 Å². The fourth-order valence-electron chi connectivity index (χ4n) is 2.07. The molecular formula is C18H16BrCl2NO2. The minimum Gasteiger partial charge on any atom is -0.490 e. The maximum atomic E-state index is 6.17. The van der Waals surface area contributed by atoms with Crippen molar-refractivity contribution >= 4 is 44.8 Å². The van der Waals surface area contributed by atoms with Gasteiger partial charge in [-0.25, -0.2) is 0 Å². The van der Waals surface area contributed by atoms with E-state index in [0.29, 0.717) is 34.7 Å². The number of benzene rings is 2. The summed E-state index contributed by atoms with van der Waals surface area (Å²) in [6, 6.07) is 9.19. The lowest BCUT2D eigenvalue weighted by Crippen LogP contribution is -2.04. The summed E-state index contributed by atoms with van der Waals surface area (Å²) in [5, 5.41) is 4.44. The lowest BCUT2D eigenvalue weighted by atomic mass is 10.2. The molecule has 0 aliphatic rings. The highest BCUT2D eigenvalue weighted by atomic mass is 79.9. The molecule has 1 N–H and O–H groups in total. The van der Waals surface area contributed by atoms with Gasteiger partial charge in [-0.3, -0.25) is 0 Å². The van der Waals surface area contributed by atoms with Gasteiger partial charge in [0.25, 0.3) is 0 Å². The third-order valence-electron chi connectivity index (χ3n) is 3.08. The SMILES string of the molecule is C#CCOc1c(Br)cc(CNc2ccc(Cl)cc2Cl)cc1OCC. The van der Waals surface area contributed by atoms with E-state index in [-0.39, 0.29) is 6.61 Å². The monoisotopic (exact) mass is 427 g/mol. The fourth-order valence-corrected chi connectivity index (χ4v) is 3.15. The molecule has 3 nitrogen and oxygen atoms in total. The van der Waals surface area contributed by atoms with Gasteiger partial charge in [0, 0.05) is 11.6 Å². The highest BCUT2D eigenvalue weighted by Crippen LogP contribution is 2.37. The molecule has 0 amide bonds. The number of anilines is 1. The molecule has 0 spiro atoms. The summed E-state index contributed by atoms with van der Waals surface area (Å²) in [6.45, 7) is 3.18. The van der Waals surface area contributed by atoms with Crippen LogP contribution in [0.5, 0.6) is 11.5 Å². The zero-order chi connectivity index (χ0) is 17.5. The minimum absolute atomic E-state index is 0.177. The summed E-state index contributed by atoms with van der Waals surface area (Å²) in [5.74, 6) is 3.69. The largest absolute Gasteiger partial charge is 0.490 e. The van der Waals surface area contributed by atoms with Crippen molar-refractivity contribution in [3.05, 3.63) is 50.4 Å². The topological polar surface area (TPSA) is 30.5 Å². The van der Waals surface area contributed by atoms with Gasteiger partial charge in [-0.1, -0.05) is 29.1 Å². The van der Waals surface area contributed by atoms with E-state index in [1.807, 2.05) is 25.1 Å². The Hall–Kier alpha value is -1.54. The van der Waals surface area contributed by atoms with Crippen molar-refractivity contribution < 1.29 is 9.47 Å². The average molecular weight is 429 g/mol. The Balaban J connectivity index is 2.19. The fraction of sp³-hybridized carbons (Fsp3) is 0.222. The van der Waals surface area contributed by atoms with Crippen LogP contribution in [-0.4, -0.2) is 13.2 Å². The van der Waals surface area contributed by atoms with Crippen LogP contribution in [-0.2, 0) is 6.54 Å². The predicted molar refractivity (Wildman–Crippen MR) is 103 cm³/mol. The predicted octanol–water partition coefficient (Wildman–Crippen LogP) is 5.78. The Labute approximate surface area is 160 Å². The van der Waals surface area contributed by atoms with Gasteiger partial charge in [0.2, 0.25) is 0 Å². The molecule has 2 rings (SSSR count). The zero-order valence-corrected chi connectivity index (χ0v) is 16.1. The molecule has 0 aromatic heterocycles. The molecule has 0 radical (unpaired) electrons. The molecule has 126 valence electrons. The lowest BCUT2D eigenvalue weighted by molar-refractivity contribution is 0.297. The van der Waals surface area contributed by atoms with E-state index >= 15 is 0 Å². The Bertz CT molecular complexity index is 759. The molecular weight excluding hydrogens is 413 g/mol. The molecule has 0 fully saturated rings. The molecule has 0 atom stereocenters. The first-order chi connectivity index (χ1) is 11.5. The van der Waals surface area contributed by atoms with E-state index in [0.717, 1.165) is 15.7 Å². The van der Waals surface area contributed by atoms with Crippen molar-refractivity contribution in [3.63, 3.8) is 0 Å². The van der Waals surface area contributed by atoms with E-state index < -0.39 is 0 Å². The van der Waals surface area contributed by atoms with Crippen LogP contribution in [0.3, 0.4) is 0 Å². The molecule has 0 heterocycles. The smallest absolute Gasteiger partial charge is 0.176 e. The Morgan fingerprint density at radius 2 is 2.00 bits per heavy atom. The van der Waals surface area contributed by atoms with Gasteiger partial charge in [-0.15, -0.1) is 6.42 Å². The third kappa shape index (κ3) is 4.98. The van der Waals surface area contributed by atoms with Gasteiger partial charge >= 0.3 is 0 Å². The maximum absolute atomic E-state index is 6.17. The first-order valence-corrected chi connectivity index (χ1v) is 8.80. The normalized spacial score (nSPS) is 10.1. The molecule has 2 aromatic rings. The molecule has 0 aliphatic heterocycles. The van der Waals surface area contributed by atoms with E-state index in [2.05, 4.69) is 27.2 Å². The molecule has 24 heavy (non-hydrogen) atoms. The number of ether oxygens (including phenoxy) is 2. The standard InChI is InChI=1S/C18H16BrCl2NO2/c1-3-7-24-18-14(19)8-12(9-17(18)23-4-2)11-22-16-6-5-13(20)10-15(16)21/h1,5-6,8-10,22H,4,7,11H2,2H3. The van der Waals surface area contributed by atoms with E-state index in [1.54, 1.807) is 12.1 Å². The quantitative estimate of drug-likeness (QED) is 0.567. The van der Waals surface area contributed by atoms with Crippen LogP contribution in [0.1, 0.15) is 12.5 Å². The van der Waals surface area contributed by atoms with Gasteiger partial charge in [-0.2, -0.15) is 0 Å². The molecule has 0 saturated carbocycles. The van der Waals surface area contributed by atoms with E-state index in [4.69, 9.17) is 39.1 Å². The Morgan fingerprint density at radius 3 is 2.67 bits per heavy atom. The highest BCUT2D eigenvalue weighted by molar-refractivity contribution is 9.10. The summed E-state index contributed by atoms with van der Waals surface area (Å²) >= 11 is 15.6. The van der Waals surface area contributed by atoms with Crippen LogP contribution in [0.15, 0.2) is 34.8 Å². The molecule has 6 heteroatoms. The van der Waals surface area contributed by atoms with E-state index in [1.165, 1.54) is 0 Å². The van der Waals surface area contributed by atoms with Gasteiger partial charge in [0.05, 0.1) is 21.8 Å². The maximum Gasteiger partial charge on any atom is 0.176 e. The van der Waals surface area contributed by atoms with Crippen LogP contribution >= 0.6 is 39.1 Å². The Kier molecular flexibility index (Phi) is 7.11. The second-order valence-electron chi connectivity index (χ2n) is 4.81. The molecule has 0 unspecified atom stereocenters.